The van der Waals surface area contributed by atoms with Gasteiger partial charge in [0.2, 0.25) is 0 Å². The van der Waals surface area contributed by atoms with Crippen LogP contribution in [0.5, 0.6) is 5.75 Å². The van der Waals surface area contributed by atoms with E-state index in [9.17, 15) is 0 Å². The molecule has 0 bridgehead atoms. The Kier molecular flexibility index (Phi) is 3.86. The van der Waals surface area contributed by atoms with Crippen molar-refractivity contribution in [2.75, 3.05) is 13.2 Å². The predicted molar refractivity (Wildman–Crippen MR) is 81.6 cm³/mol. The van der Waals surface area contributed by atoms with Crippen LogP contribution in [0.25, 0.3) is 0 Å². The van der Waals surface area contributed by atoms with Crippen molar-refractivity contribution in [3.63, 3.8) is 0 Å². The molecule has 2 fully saturated rings. The van der Waals surface area contributed by atoms with Gasteiger partial charge in [0.15, 0.2) is 0 Å². The van der Waals surface area contributed by atoms with E-state index in [2.05, 4.69) is 34.1 Å². The van der Waals surface area contributed by atoms with Crippen LogP contribution in [0.4, 0.5) is 0 Å². The van der Waals surface area contributed by atoms with Gasteiger partial charge in [0, 0.05) is 17.5 Å². The largest absolute Gasteiger partial charge is 0.492 e. The highest BCUT2D eigenvalue weighted by Crippen LogP contribution is 2.46. The molecule has 0 unspecified atom stereocenters. The molecule has 0 heterocycles. The highest BCUT2D eigenvalue weighted by molar-refractivity contribution is 9.10. The van der Waals surface area contributed by atoms with Crippen LogP contribution >= 0.6 is 15.9 Å². The third-order valence-electron chi connectivity index (χ3n) is 4.65. The molecule has 0 atom stereocenters. The van der Waals surface area contributed by atoms with Gasteiger partial charge in [0.1, 0.15) is 5.75 Å². The first kappa shape index (κ1) is 13.4. The van der Waals surface area contributed by atoms with Crippen molar-refractivity contribution in [1.29, 1.82) is 0 Å². The van der Waals surface area contributed by atoms with Gasteiger partial charge in [0.25, 0.3) is 0 Å². The minimum Gasteiger partial charge on any atom is -0.492 e. The minimum atomic E-state index is 0.142. The Labute approximate surface area is 123 Å². The summed E-state index contributed by atoms with van der Waals surface area (Å²) in [6, 6.07) is 6.40. The molecule has 1 aromatic rings. The van der Waals surface area contributed by atoms with Crippen molar-refractivity contribution in [2.24, 2.45) is 11.7 Å². The molecule has 2 N–H and O–H groups in total. The predicted octanol–water partition coefficient (Wildman–Crippen LogP) is 4.01. The van der Waals surface area contributed by atoms with Gasteiger partial charge in [-0.05, 0) is 53.6 Å². The minimum absolute atomic E-state index is 0.142. The first-order valence-corrected chi connectivity index (χ1v) is 8.16. The first-order chi connectivity index (χ1) is 9.25. The van der Waals surface area contributed by atoms with Gasteiger partial charge in [-0.25, -0.2) is 0 Å². The fraction of sp³-hybridized carbons (Fsp3) is 0.625. The summed E-state index contributed by atoms with van der Waals surface area (Å²) in [4.78, 5) is 0. The van der Waals surface area contributed by atoms with Crippen LogP contribution in [0, 0.1) is 5.92 Å². The van der Waals surface area contributed by atoms with Crippen molar-refractivity contribution in [1.82, 2.24) is 0 Å². The van der Waals surface area contributed by atoms with E-state index in [0.717, 1.165) is 29.3 Å². The van der Waals surface area contributed by atoms with Crippen LogP contribution in [0.2, 0.25) is 0 Å². The van der Waals surface area contributed by atoms with Crippen LogP contribution in [0.15, 0.2) is 22.7 Å². The number of hydrogen-bond acceptors (Lipinski definition) is 2. The molecule has 3 rings (SSSR count). The molecule has 0 saturated heterocycles. The van der Waals surface area contributed by atoms with Crippen molar-refractivity contribution in [2.45, 2.75) is 43.9 Å². The monoisotopic (exact) mass is 323 g/mol. The molecule has 0 radical (unpaired) electrons. The Morgan fingerprint density at radius 3 is 2.63 bits per heavy atom. The van der Waals surface area contributed by atoms with Gasteiger partial charge in [0.05, 0.1) is 11.1 Å². The van der Waals surface area contributed by atoms with E-state index in [4.69, 9.17) is 10.5 Å². The highest BCUT2D eigenvalue weighted by atomic mass is 79.9. The van der Waals surface area contributed by atoms with E-state index >= 15 is 0 Å². The Hall–Kier alpha value is -0.540. The molecule has 104 valence electrons. The molecule has 1 aromatic carbocycles. The fourth-order valence-electron chi connectivity index (χ4n) is 3.19. The quantitative estimate of drug-likeness (QED) is 0.888. The van der Waals surface area contributed by atoms with E-state index in [1.165, 1.54) is 44.1 Å². The number of hydrogen-bond donors (Lipinski definition) is 1. The van der Waals surface area contributed by atoms with Crippen LogP contribution in [-0.4, -0.2) is 13.2 Å². The molecule has 2 aliphatic rings. The van der Waals surface area contributed by atoms with Gasteiger partial charge >= 0.3 is 0 Å². The molecule has 0 amide bonds. The third kappa shape index (κ3) is 2.68. The van der Waals surface area contributed by atoms with E-state index in [-0.39, 0.29) is 5.41 Å². The standard InChI is InChI=1S/C16H22BrNO/c17-14-5-3-4-13(15(14)19-10-12-6-7-12)16(11-18)8-1-2-9-16/h3-5,12H,1-2,6-11,18H2. The van der Waals surface area contributed by atoms with E-state index in [1.807, 2.05) is 0 Å². The summed E-state index contributed by atoms with van der Waals surface area (Å²) in [7, 11) is 0. The summed E-state index contributed by atoms with van der Waals surface area (Å²) in [5.41, 5.74) is 7.58. The zero-order valence-electron chi connectivity index (χ0n) is 11.3. The van der Waals surface area contributed by atoms with Crippen molar-refractivity contribution in [3.05, 3.63) is 28.2 Å². The number of nitrogens with two attached hydrogens (primary N) is 1. The molecule has 0 spiro atoms. The lowest BCUT2D eigenvalue weighted by Crippen LogP contribution is -2.32. The van der Waals surface area contributed by atoms with Crippen molar-refractivity contribution in [3.8, 4) is 5.75 Å². The molecule has 3 heteroatoms. The Morgan fingerprint density at radius 2 is 2.00 bits per heavy atom. The second kappa shape index (κ2) is 5.45. The van der Waals surface area contributed by atoms with Crippen LogP contribution in [-0.2, 0) is 5.41 Å². The number of rotatable bonds is 5. The van der Waals surface area contributed by atoms with Crippen LogP contribution < -0.4 is 10.5 Å². The van der Waals surface area contributed by atoms with E-state index in [1.54, 1.807) is 0 Å². The zero-order chi connectivity index (χ0) is 13.3. The maximum atomic E-state index is 6.13. The molecular weight excluding hydrogens is 302 g/mol. The molecule has 0 aromatic heterocycles. The second-order valence-electron chi connectivity index (χ2n) is 6.06. The summed E-state index contributed by atoms with van der Waals surface area (Å²) in [5.74, 6) is 1.82. The normalized spacial score (nSPS) is 21.6. The maximum Gasteiger partial charge on any atom is 0.137 e. The van der Waals surface area contributed by atoms with E-state index < -0.39 is 0 Å². The first-order valence-electron chi connectivity index (χ1n) is 7.37. The summed E-state index contributed by atoms with van der Waals surface area (Å²) in [6.45, 7) is 1.58. The van der Waals surface area contributed by atoms with Crippen LogP contribution in [0.1, 0.15) is 44.1 Å². The molecule has 2 aliphatic carbocycles. The van der Waals surface area contributed by atoms with Gasteiger partial charge in [-0.3, -0.25) is 0 Å². The van der Waals surface area contributed by atoms with Gasteiger partial charge in [-0.2, -0.15) is 0 Å². The molecule has 2 nitrogen and oxygen atoms in total. The third-order valence-corrected chi connectivity index (χ3v) is 5.27. The fourth-order valence-corrected chi connectivity index (χ4v) is 3.67. The summed E-state index contributed by atoms with van der Waals surface area (Å²) >= 11 is 3.65. The Bertz CT molecular complexity index is 450. The van der Waals surface area contributed by atoms with Crippen molar-refractivity contribution >= 4 is 15.9 Å². The average Bonchev–Trinajstić information content (AvgIpc) is 3.13. The van der Waals surface area contributed by atoms with Crippen molar-refractivity contribution < 1.29 is 4.74 Å². The van der Waals surface area contributed by atoms with Crippen LogP contribution in [0.3, 0.4) is 0 Å². The summed E-state index contributed by atoms with van der Waals surface area (Å²) in [5, 5.41) is 0. The Morgan fingerprint density at radius 1 is 1.26 bits per heavy atom. The number of halogens is 1. The van der Waals surface area contributed by atoms with Gasteiger partial charge in [-0.15, -0.1) is 0 Å². The SMILES string of the molecule is NCC1(c2cccc(Br)c2OCC2CC2)CCCC1. The number of benzene rings is 1. The summed E-state index contributed by atoms with van der Waals surface area (Å²) < 4.78 is 7.20. The highest BCUT2D eigenvalue weighted by Gasteiger charge is 2.37. The molecule has 2 saturated carbocycles. The average molecular weight is 324 g/mol. The Balaban J connectivity index is 1.91. The lowest BCUT2D eigenvalue weighted by atomic mass is 9.78. The lowest BCUT2D eigenvalue weighted by Gasteiger charge is -2.30. The number of para-hydroxylation sites is 1. The topological polar surface area (TPSA) is 35.2 Å². The molecular formula is C16H22BrNO. The molecule has 0 aliphatic heterocycles. The summed E-state index contributed by atoms with van der Waals surface area (Å²) in [6.07, 6.45) is 7.60. The smallest absolute Gasteiger partial charge is 0.137 e. The zero-order valence-corrected chi connectivity index (χ0v) is 12.9. The molecule has 19 heavy (non-hydrogen) atoms. The maximum absolute atomic E-state index is 6.13. The lowest BCUT2D eigenvalue weighted by molar-refractivity contribution is 0.285. The van der Waals surface area contributed by atoms with Gasteiger partial charge < -0.3 is 10.5 Å². The van der Waals surface area contributed by atoms with E-state index in [0.29, 0.717) is 0 Å². The number of ether oxygens (including phenoxy) is 1. The second-order valence-corrected chi connectivity index (χ2v) is 6.92. The van der Waals surface area contributed by atoms with Gasteiger partial charge in [-0.1, -0.05) is 25.0 Å².